The smallest absolute Gasteiger partial charge is 0.308 e. The zero-order valence-corrected chi connectivity index (χ0v) is 16.8. The number of amides is 1. The molecular weight excluding hydrogens is 412 g/mol. The lowest BCUT2D eigenvalue weighted by Gasteiger charge is -2.18. The molecule has 1 aliphatic rings. The third kappa shape index (κ3) is 4.51. The summed E-state index contributed by atoms with van der Waals surface area (Å²) < 4.78 is 4.96. The molecule has 3 aromatic rings. The number of fused-ring (bicyclic) bond motifs is 2. The lowest BCUT2D eigenvalue weighted by atomic mass is 9.84. The van der Waals surface area contributed by atoms with Crippen LogP contribution in [0.4, 0.5) is 11.6 Å². The first-order valence-corrected chi connectivity index (χ1v) is 9.82. The number of nitrogens with zero attached hydrogens (tertiary/aromatic N) is 2. The van der Waals surface area contributed by atoms with Gasteiger partial charge in [0.05, 0.1) is 6.42 Å². The summed E-state index contributed by atoms with van der Waals surface area (Å²) in [4.78, 5) is 57.3. The Balaban J connectivity index is 1.31. The van der Waals surface area contributed by atoms with Gasteiger partial charge < -0.3 is 15.4 Å². The Bertz CT molecular complexity index is 1210. The third-order valence-corrected chi connectivity index (χ3v) is 4.75. The number of ether oxygens (including phenoxy) is 1. The zero-order valence-electron chi connectivity index (χ0n) is 16.8. The van der Waals surface area contributed by atoms with Crippen molar-refractivity contribution in [1.82, 2.24) is 9.97 Å². The third-order valence-electron chi connectivity index (χ3n) is 4.75. The van der Waals surface area contributed by atoms with Crippen LogP contribution in [0, 0.1) is 0 Å². The quantitative estimate of drug-likeness (QED) is 0.427. The van der Waals surface area contributed by atoms with Crippen molar-refractivity contribution in [1.29, 1.82) is 0 Å². The van der Waals surface area contributed by atoms with Crippen molar-refractivity contribution in [2.75, 3.05) is 23.8 Å². The summed E-state index contributed by atoms with van der Waals surface area (Å²) in [6, 6.07) is 12.8. The van der Waals surface area contributed by atoms with Gasteiger partial charge in [-0.3, -0.25) is 19.2 Å². The van der Waals surface area contributed by atoms with Crippen LogP contribution in [-0.2, 0) is 14.3 Å². The van der Waals surface area contributed by atoms with Crippen molar-refractivity contribution in [2.45, 2.75) is 6.42 Å². The van der Waals surface area contributed by atoms with Crippen molar-refractivity contribution in [2.24, 2.45) is 0 Å². The van der Waals surface area contributed by atoms with Gasteiger partial charge in [-0.05, 0) is 24.3 Å². The first kappa shape index (κ1) is 20.9. The normalized spacial score (nSPS) is 11.9. The van der Waals surface area contributed by atoms with Gasteiger partial charge in [0.15, 0.2) is 18.2 Å². The van der Waals surface area contributed by atoms with E-state index in [4.69, 9.17) is 4.74 Å². The first-order valence-electron chi connectivity index (χ1n) is 9.82. The van der Waals surface area contributed by atoms with Crippen LogP contribution in [0.1, 0.15) is 38.3 Å². The minimum atomic E-state index is -0.564. The number of hydrogen-bond donors (Lipinski definition) is 2. The van der Waals surface area contributed by atoms with Crippen LogP contribution in [-0.4, -0.2) is 46.6 Å². The topological polar surface area (TPSA) is 127 Å². The molecule has 0 radical (unpaired) electrons. The fourth-order valence-corrected chi connectivity index (χ4v) is 3.26. The average molecular weight is 430 g/mol. The number of ketones is 2. The van der Waals surface area contributed by atoms with E-state index in [9.17, 15) is 19.2 Å². The molecule has 0 aliphatic heterocycles. The van der Waals surface area contributed by atoms with E-state index in [1.54, 1.807) is 42.7 Å². The molecule has 2 aromatic carbocycles. The van der Waals surface area contributed by atoms with Crippen LogP contribution >= 0.6 is 0 Å². The summed E-state index contributed by atoms with van der Waals surface area (Å²) in [5.74, 6) is -1.26. The summed E-state index contributed by atoms with van der Waals surface area (Å²) in [7, 11) is 0. The number of carbonyl (C=O) groups is 4. The van der Waals surface area contributed by atoms with Gasteiger partial charge in [-0.15, -0.1) is 0 Å². The van der Waals surface area contributed by atoms with Crippen molar-refractivity contribution in [3.05, 3.63) is 83.2 Å². The second kappa shape index (κ2) is 9.17. The summed E-state index contributed by atoms with van der Waals surface area (Å²) in [5.41, 5.74) is 1.53. The molecule has 1 aromatic heterocycles. The van der Waals surface area contributed by atoms with Gasteiger partial charge in [0.1, 0.15) is 0 Å². The number of anilines is 2. The molecule has 0 atom stereocenters. The second-order valence-corrected chi connectivity index (χ2v) is 6.92. The SMILES string of the molecule is O=C(COC(=O)CCNc1ncccn1)Nc1ccc2c(c1)C(=O)c1ccccc1C2=O. The Hall–Kier alpha value is -4.40. The molecule has 0 saturated heterocycles. The molecule has 0 fully saturated rings. The Morgan fingerprint density at radius 3 is 2.22 bits per heavy atom. The van der Waals surface area contributed by atoms with Gasteiger partial charge >= 0.3 is 5.97 Å². The van der Waals surface area contributed by atoms with Gasteiger partial charge in [0.2, 0.25) is 5.95 Å². The van der Waals surface area contributed by atoms with Crippen LogP contribution in [0.3, 0.4) is 0 Å². The lowest BCUT2D eigenvalue weighted by Crippen LogP contribution is -2.23. The highest BCUT2D eigenvalue weighted by Gasteiger charge is 2.29. The molecule has 9 heteroatoms. The summed E-state index contributed by atoms with van der Waals surface area (Å²) >= 11 is 0. The lowest BCUT2D eigenvalue weighted by molar-refractivity contribution is -0.147. The maximum absolute atomic E-state index is 12.8. The Kier molecular flexibility index (Phi) is 5.98. The number of aromatic nitrogens is 2. The minimum Gasteiger partial charge on any atom is -0.456 e. The number of benzene rings is 2. The number of esters is 1. The average Bonchev–Trinajstić information content (AvgIpc) is 2.82. The van der Waals surface area contributed by atoms with Gasteiger partial charge in [-0.1, -0.05) is 24.3 Å². The van der Waals surface area contributed by atoms with Crippen LogP contribution in [0.25, 0.3) is 0 Å². The van der Waals surface area contributed by atoms with Crippen LogP contribution in [0.15, 0.2) is 60.9 Å². The van der Waals surface area contributed by atoms with E-state index >= 15 is 0 Å². The summed E-state index contributed by atoms with van der Waals surface area (Å²) in [6.45, 7) is -0.222. The number of carbonyl (C=O) groups excluding carboxylic acids is 4. The molecule has 32 heavy (non-hydrogen) atoms. The Labute approximate surface area is 182 Å². The highest BCUT2D eigenvalue weighted by atomic mass is 16.5. The molecule has 1 heterocycles. The van der Waals surface area contributed by atoms with Crippen LogP contribution in [0.5, 0.6) is 0 Å². The number of rotatable bonds is 7. The van der Waals surface area contributed by atoms with E-state index in [0.717, 1.165) is 0 Å². The molecule has 0 saturated carbocycles. The first-order chi connectivity index (χ1) is 15.5. The fraction of sp³-hybridized carbons (Fsp3) is 0.130. The number of nitrogens with one attached hydrogen (secondary N) is 2. The predicted octanol–water partition coefficient (Wildman–Crippen LogP) is 2.24. The Morgan fingerprint density at radius 1 is 0.844 bits per heavy atom. The summed E-state index contributed by atoms with van der Waals surface area (Å²) in [6.07, 6.45) is 3.17. The summed E-state index contributed by atoms with van der Waals surface area (Å²) in [5, 5.41) is 5.44. The highest BCUT2D eigenvalue weighted by molar-refractivity contribution is 6.28. The van der Waals surface area contributed by atoms with E-state index in [-0.39, 0.29) is 35.7 Å². The standard InChI is InChI=1S/C23H18N4O5/c28-19(13-32-20(29)8-11-26-23-24-9-3-10-25-23)27-14-6-7-17-18(12-14)22(31)16-5-2-1-4-15(16)21(17)30/h1-7,9-10,12H,8,11,13H2,(H,27,28)(H,24,25,26). The van der Waals surface area contributed by atoms with Gasteiger partial charge in [-0.25, -0.2) is 9.97 Å². The number of hydrogen-bond acceptors (Lipinski definition) is 8. The highest BCUT2D eigenvalue weighted by Crippen LogP contribution is 2.29. The Morgan fingerprint density at radius 2 is 1.50 bits per heavy atom. The second-order valence-electron chi connectivity index (χ2n) is 6.92. The van der Waals surface area contributed by atoms with Crippen LogP contribution in [0.2, 0.25) is 0 Å². The van der Waals surface area contributed by atoms with Gasteiger partial charge in [0, 0.05) is 46.9 Å². The molecule has 4 rings (SSSR count). The van der Waals surface area contributed by atoms with Gasteiger partial charge in [-0.2, -0.15) is 0 Å². The van der Waals surface area contributed by atoms with E-state index in [1.165, 1.54) is 18.2 Å². The molecule has 0 unspecified atom stereocenters. The van der Waals surface area contributed by atoms with Crippen LogP contribution < -0.4 is 10.6 Å². The van der Waals surface area contributed by atoms with E-state index in [1.807, 2.05) is 0 Å². The minimum absolute atomic E-state index is 0.0282. The van der Waals surface area contributed by atoms with E-state index in [2.05, 4.69) is 20.6 Å². The maximum atomic E-state index is 12.8. The molecule has 160 valence electrons. The van der Waals surface area contributed by atoms with E-state index in [0.29, 0.717) is 22.8 Å². The zero-order chi connectivity index (χ0) is 22.5. The molecule has 1 aliphatic carbocycles. The van der Waals surface area contributed by atoms with E-state index < -0.39 is 18.5 Å². The molecule has 1 amide bonds. The van der Waals surface area contributed by atoms with Crippen molar-refractivity contribution < 1.29 is 23.9 Å². The maximum Gasteiger partial charge on any atom is 0.308 e. The molecule has 9 nitrogen and oxygen atoms in total. The molecule has 2 N–H and O–H groups in total. The fourth-order valence-electron chi connectivity index (χ4n) is 3.26. The molecular formula is C23H18N4O5. The molecule has 0 spiro atoms. The monoisotopic (exact) mass is 430 g/mol. The predicted molar refractivity (Wildman–Crippen MR) is 114 cm³/mol. The largest absolute Gasteiger partial charge is 0.456 e. The van der Waals surface area contributed by atoms with Gasteiger partial charge in [0.25, 0.3) is 5.91 Å². The van der Waals surface area contributed by atoms with Crippen molar-refractivity contribution in [3.63, 3.8) is 0 Å². The van der Waals surface area contributed by atoms with Crippen molar-refractivity contribution in [3.8, 4) is 0 Å². The molecule has 0 bridgehead atoms. The van der Waals surface area contributed by atoms with Crippen molar-refractivity contribution >= 4 is 35.1 Å².